The molecule has 1 heterocycles. The number of carbonyl (C=O) groups excluding carboxylic acids is 1. The van der Waals surface area contributed by atoms with Gasteiger partial charge in [0.15, 0.2) is 0 Å². The van der Waals surface area contributed by atoms with E-state index < -0.39 is 24.4 Å². The van der Waals surface area contributed by atoms with Crippen molar-refractivity contribution in [3.8, 4) is 0 Å². The van der Waals surface area contributed by atoms with E-state index in [1.165, 1.54) is 0 Å². The summed E-state index contributed by atoms with van der Waals surface area (Å²) < 4.78 is 35.5. The maximum absolute atomic E-state index is 12.8. The molecule has 0 aromatic rings. The van der Waals surface area contributed by atoms with Crippen molar-refractivity contribution in [1.29, 1.82) is 0 Å². The van der Waals surface area contributed by atoms with Crippen LogP contribution in [0.15, 0.2) is 0 Å². The molecule has 18 heavy (non-hydrogen) atoms. The van der Waals surface area contributed by atoms with Crippen LogP contribution in [0, 0.1) is 0 Å². The van der Waals surface area contributed by atoms with E-state index in [4.69, 9.17) is 4.74 Å². The van der Waals surface area contributed by atoms with Crippen molar-refractivity contribution in [3.05, 3.63) is 0 Å². The highest BCUT2D eigenvalue weighted by Gasteiger charge is 2.50. The van der Waals surface area contributed by atoms with Gasteiger partial charge < -0.3 is 19.7 Å². The Morgan fingerprint density at radius 2 is 2.22 bits per heavy atom. The van der Waals surface area contributed by atoms with Crippen LogP contribution in [0.2, 0.25) is 0 Å². The zero-order valence-electron chi connectivity index (χ0n) is 10.7. The Morgan fingerprint density at radius 1 is 1.50 bits per heavy atom. The second-order valence-electron chi connectivity index (χ2n) is 4.56. The first-order valence-corrected chi connectivity index (χ1v) is 5.94. The van der Waals surface area contributed by atoms with Crippen LogP contribution in [-0.4, -0.2) is 69.8 Å². The number of nitrogens with one attached hydrogen (secondary N) is 1. The van der Waals surface area contributed by atoms with Crippen molar-refractivity contribution in [2.75, 3.05) is 46.9 Å². The first-order valence-electron chi connectivity index (χ1n) is 5.94. The van der Waals surface area contributed by atoms with Gasteiger partial charge in [-0.3, -0.25) is 0 Å². The SMILES string of the molecule is CN(C)CCOCCNCC1CC(F)(F)C(=O)O1. The van der Waals surface area contributed by atoms with E-state index in [1.807, 2.05) is 19.0 Å². The number of hydrogen-bond donors (Lipinski definition) is 1. The third kappa shape index (κ3) is 5.24. The van der Waals surface area contributed by atoms with Crippen LogP contribution in [0.3, 0.4) is 0 Å². The smallest absolute Gasteiger partial charge is 0.377 e. The fourth-order valence-electron chi connectivity index (χ4n) is 1.52. The minimum absolute atomic E-state index is 0.234. The van der Waals surface area contributed by atoms with Crippen LogP contribution in [0.25, 0.3) is 0 Å². The Hall–Kier alpha value is -0.790. The average Bonchev–Trinajstić information content (AvgIpc) is 2.51. The van der Waals surface area contributed by atoms with Crippen molar-refractivity contribution >= 4 is 5.97 Å². The average molecular weight is 266 g/mol. The number of halogens is 2. The molecule has 0 bridgehead atoms. The minimum atomic E-state index is -3.32. The largest absolute Gasteiger partial charge is 0.456 e. The quantitative estimate of drug-likeness (QED) is 0.499. The Morgan fingerprint density at radius 3 is 2.78 bits per heavy atom. The number of rotatable bonds is 8. The molecule has 0 aliphatic carbocycles. The molecule has 106 valence electrons. The van der Waals surface area contributed by atoms with Crippen LogP contribution in [0.5, 0.6) is 0 Å². The standard InChI is InChI=1S/C11H20F2N2O3/c1-15(2)4-6-17-5-3-14-8-9-7-11(12,13)10(16)18-9/h9,14H,3-8H2,1-2H3. The highest BCUT2D eigenvalue weighted by molar-refractivity contribution is 5.79. The Kier molecular flexibility index (Phi) is 5.90. The number of likely N-dealkylation sites (N-methyl/N-ethyl adjacent to an activating group) is 1. The molecule has 0 saturated carbocycles. The van der Waals surface area contributed by atoms with Gasteiger partial charge in [-0.2, -0.15) is 8.78 Å². The molecule has 5 nitrogen and oxygen atoms in total. The molecule has 1 rings (SSSR count). The highest BCUT2D eigenvalue weighted by atomic mass is 19.3. The fourth-order valence-corrected chi connectivity index (χ4v) is 1.52. The summed E-state index contributed by atoms with van der Waals surface area (Å²) in [5, 5.41) is 2.92. The van der Waals surface area contributed by atoms with E-state index in [1.54, 1.807) is 0 Å². The van der Waals surface area contributed by atoms with E-state index in [9.17, 15) is 13.6 Å². The third-order valence-corrected chi connectivity index (χ3v) is 2.53. The van der Waals surface area contributed by atoms with Crippen LogP contribution in [0.4, 0.5) is 8.78 Å². The molecule has 1 N–H and O–H groups in total. The second kappa shape index (κ2) is 6.96. The number of hydrogen-bond acceptors (Lipinski definition) is 5. The zero-order valence-corrected chi connectivity index (χ0v) is 10.7. The van der Waals surface area contributed by atoms with E-state index in [0.29, 0.717) is 19.8 Å². The number of ether oxygens (including phenoxy) is 2. The van der Waals surface area contributed by atoms with Gasteiger partial charge in [-0.1, -0.05) is 0 Å². The molecular weight excluding hydrogens is 246 g/mol. The predicted octanol–water partition coefficient (Wildman–Crippen LogP) is 0.105. The van der Waals surface area contributed by atoms with Crippen molar-refractivity contribution < 1.29 is 23.0 Å². The Balaban J connectivity index is 1.98. The molecule has 1 fully saturated rings. The molecule has 1 unspecified atom stereocenters. The number of alkyl halides is 2. The zero-order chi connectivity index (χ0) is 13.6. The minimum Gasteiger partial charge on any atom is -0.456 e. The number of carbonyl (C=O) groups is 1. The van der Waals surface area contributed by atoms with Crippen molar-refractivity contribution in [2.45, 2.75) is 18.4 Å². The summed E-state index contributed by atoms with van der Waals surface area (Å²) in [5.41, 5.74) is 0. The van der Waals surface area contributed by atoms with E-state index >= 15 is 0 Å². The van der Waals surface area contributed by atoms with Gasteiger partial charge in [0.25, 0.3) is 0 Å². The molecule has 1 aliphatic heterocycles. The van der Waals surface area contributed by atoms with Crippen LogP contribution in [-0.2, 0) is 14.3 Å². The lowest BCUT2D eigenvalue weighted by Crippen LogP contribution is -2.30. The lowest BCUT2D eigenvalue weighted by atomic mass is 10.2. The Labute approximate surface area is 105 Å². The molecule has 1 aliphatic rings. The summed E-state index contributed by atoms with van der Waals surface area (Å²) in [5.74, 6) is -4.74. The van der Waals surface area contributed by atoms with E-state index in [-0.39, 0.29) is 6.54 Å². The highest BCUT2D eigenvalue weighted by Crippen LogP contribution is 2.30. The summed E-state index contributed by atoms with van der Waals surface area (Å²) in [6.07, 6.45) is -1.28. The molecular formula is C11H20F2N2O3. The number of nitrogens with zero attached hydrogens (tertiary/aromatic N) is 1. The van der Waals surface area contributed by atoms with Gasteiger partial charge in [-0.25, -0.2) is 4.79 Å². The molecule has 1 saturated heterocycles. The first kappa shape index (κ1) is 15.3. The van der Waals surface area contributed by atoms with Gasteiger partial charge >= 0.3 is 11.9 Å². The third-order valence-electron chi connectivity index (χ3n) is 2.53. The lowest BCUT2D eigenvalue weighted by Gasteiger charge is -2.11. The van der Waals surface area contributed by atoms with Crippen LogP contribution in [0.1, 0.15) is 6.42 Å². The number of cyclic esters (lactones) is 1. The van der Waals surface area contributed by atoms with Gasteiger partial charge in [0, 0.05) is 19.6 Å². The molecule has 0 spiro atoms. The van der Waals surface area contributed by atoms with Gasteiger partial charge in [0.05, 0.1) is 19.6 Å². The second-order valence-corrected chi connectivity index (χ2v) is 4.56. The maximum Gasteiger partial charge on any atom is 0.377 e. The summed E-state index contributed by atoms with van der Waals surface area (Å²) >= 11 is 0. The first-order chi connectivity index (χ1) is 8.42. The van der Waals surface area contributed by atoms with Gasteiger partial charge in [0.2, 0.25) is 0 Å². The fraction of sp³-hybridized carbons (Fsp3) is 0.909. The van der Waals surface area contributed by atoms with Crippen LogP contribution >= 0.6 is 0 Å². The van der Waals surface area contributed by atoms with Gasteiger partial charge in [-0.15, -0.1) is 0 Å². The summed E-state index contributed by atoms with van der Waals surface area (Å²) in [6, 6.07) is 0. The van der Waals surface area contributed by atoms with Crippen LogP contribution < -0.4 is 5.32 Å². The molecule has 1 atom stereocenters. The molecule has 0 aromatic carbocycles. The summed E-state index contributed by atoms with van der Waals surface area (Å²) in [4.78, 5) is 12.7. The lowest BCUT2D eigenvalue weighted by molar-refractivity contribution is -0.159. The summed E-state index contributed by atoms with van der Waals surface area (Å²) in [7, 11) is 3.91. The monoisotopic (exact) mass is 266 g/mol. The maximum atomic E-state index is 12.8. The molecule has 0 radical (unpaired) electrons. The van der Waals surface area contributed by atoms with Gasteiger partial charge in [-0.05, 0) is 14.1 Å². The topological polar surface area (TPSA) is 50.8 Å². The molecule has 7 heteroatoms. The van der Waals surface area contributed by atoms with Gasteiger partial charge in [0.1, 0.15) is 6.10 Å². The van der Waals surface area contributed by atoms with Crippen molar-refractivity contribution in [2.24, 2.45) is 0 Å². The van der Waals surface area contributed by atoms with E-state index in [2.05, 4.69) is 10.1 Å². The Bertz CT molecular complexity index is 275. The normalized spacial score (nSPS) is 22.5. The molecule has 0 aromatic heterocycles. The number of esters is 1. The van der Waals surface area contributed by atoms with Crippen molar-refractivity contribution in [1.82, 2.24) is 10.2 Å². The molecule has 0 amide bonds. The predicted molar refractivity (Wildman–Crippen MR) is 61.7 cm³/mol. The van der Waals surface area contributed by atoms with Crippen molar-refractivity contribution in [3.63, 3.8) is 0 Å². The summed E-state index contributed by atoms with van der Waals surface area (Å²) in [6.45, 7) is 2.76. The van der Waals surface area contributed by atoms with E-state index in [0.717, 1.165) is 6.54 Å².